The Labute approximate surface area is 123 Å². The van der Waals surface area contributed by atoms with Crippen molar-refractivity contribution >= 4 is 0 Å². The second-order valence-electron chi connectivity index (χ2n) is 8.48. The third-order valence-corrected chi connectivity index (χ3v) is 7.91. The molecule has 0 aliphatic heterocycles. The molecule has 0 amide bonds. The summed E-state index contributed by atoms with van der Waals surface area (Å²) in [6.45, 7) is 2.35. The Morgan fingerprint density at radius 2 is 1.50 bits per heavy atom. The second-order valence-corrected chi connectivity index (χ2v) is 8.48. The molecular formula is C18H30O2. The van der Waals surface area contributed by atoms with Crippen molar-refractivity contribution in [3.8, 4) is 0 Å². The van der Waals surface area contributed by atoms with Gasteiger partial charge in [-0.3, -0.25) is 0 Å². The lowest BCUT2D eigenvalue weighted by molar-refractivity contribution is -0.104. The van der Waals surface area contributed by atoms with Crippen molar-refractivity contribution in [3.05, 3.63) is 0 Å². The van der Waals surface area contributed by atoms with Gasteiger partial charge in [-0.25, -0.2) is 0 Å². The van der Waals surface area contributed by atoms with E-state index in [9.17, 15) is 10.2 Å². The number of fused-ring (bicyclic) bond motifs is 5. The molecule has 0 radical (unpaired) electrons. The summed E-state index contributed by atoms with van der Waals surface area (Å²) < 4.78 is 0. The summed E-state index contributed by atoms with van der Waals surface area (Å²) in [6, 6.07) is 0. The summed E-state index contributed by atoms with van der Waals surface area (Å²) in [5.74, 6) is 3.85. The van der Waals surface area contributed by atoms with Crippen LogP contribution in [0.2, 0.25) is 0 Å². The van der Waals surface area contributed by atoms with Gasteiger partial charge in [0, 0.05) is 0 Å². The molecule has 2 N–H and O–H groups in total. The van der Waals surface area contributed by atoms with Crippen molar-refractivity contribution in [2.75, 3.05) is 0 Å². The summed E-state index contributed by atoms with van der Waals surface area (Å²) in [6.07, 6.45) is 10.9. The van der Waals surface area contributed by atoms with Gasteiger partial charge in [0.2, 0.25) is 0 Å². The molecule has 114 valence electrons. The van der Waals surface area contributed by atoms with Crippen LogP contribution in [0.4, 0.5) is 0 Å². The molecule has 0 saturated heterocycles. The highest BCUT2D eigenvalue weighted by Gasteiger charge is 2.57. The van der Waals surface area contributed by atoms with E-state index in [1.54, 1.807) is 0 Å². The van der Waals surface area contributed by atoms with Crippen molar-refractivity contribution in [1.29, 1.82) is 0 Å². The Bertz CT molecular complexity index is 382. The fourth-order valence-electron chi connectivity index (χ4n) is 6.84. The molecule has 0 aromatic heterocycles. The van der Waals surface area contributed by atoms with E-state index in [0.717, 1.165) is 36.5 Å². The lowest BCUT2D eigenvalue weighted by Crippen LogP contribution is -2.51. The van der Waals surface area contributed by atoms with Gasteiger partial charge in [0.1, 0.15) is 0 Å². The minimum absolute atomic E-state index is 0.0165. The molecule has 0 aromatic carbocycles. The molecule has 0 heterocycles. The molecule has 2 nitrogen and oxygen atoms in total. The predicted molar refractivity (Wildman–Crippen MR) is 79.1 cm³/mol. The van der Waals surface area contributed by atoms with Gasteiger partial charge < -0.3 is 10.2 Å². The van der Waals surface area contributed by atoms with E-state index in [4.69, 9.17) is 0 Å². The number of aliphatic hydroxyl groups excluding tert-OH is 2. The van der Waals surface area contributed by atoms with Crippen LogP contribution in [-0.4, -0.2) is 22.4 Å². The summed E-state index contributed by atoms with van der Waals surface area (Å²) in [5, 5.41) is 20.7. The quantitative estimate of drug-likeness (QED) is 0.713. The van der Waals surface area contributed by atoms with Gasteiger partial charge in [-0.2, -0.15) is 0 Å². The van der Waals surface area contributed by atoms with Gasteiger partial charge in [-0.05, 0) is 86.4 Å². The second kappa shape index (κ2) is 4.71. The lowest BCUT2D eigenvalue weighted by atomic mass is 9.50. The summed E-state index contributed by atoms with van der Waals surface area (Å²) in [4.78, 5) is 0. The first-order valence-corrected chi connectivity index (χ1v) is 8.97. The van der Waals surface area contributed by atoms with E-state index in [2.05, 4.69) is 6.92 Å². The van der Waals surface area contributed by atoms with Crippen LogP contribution in [0.3, 0.4) is 0 Å². The molecule has 4 rings (SSSR count). The Balaban J connectivity index is 1.59. The first-order valence-electron chi connectivity index (χ1n) is 8.97. The monoisotopic (exact) mass is 278 g/mol. The zero-order valence-corrected chi connectivity index (χ0v) is 12.8. The van der Waals surface area contributed by atoms with Gasteiger partial charge >= 0.3 is 0 Å². The molecule has 20 heavy (non-hydrogen) atoms. The minimum atomic E-state index is -0.0527. The molecule has 0 aromatic rings. The van der Waals surface area contributed by atoms with Gasteiger partial charge in [0.15, 0.2) is 0 Å². The van der Waals surface area contributed by atoms with Gasteiger partial charge in [0.25, 0.3) is 0 Å². The molecule has 4 aliphatic rings. The zero-order valence-electron chi connectivity index (χ0n) is 12.8. The first-order chi connectivity index (χ1) is 9.61. The van der Waals surface area contributed by atoms with Crippen LogP contribution in [0, 0.1) is 35.0 Å². The summed E-state index contributed by atoms with van der Waals surface area (Å²) in [5.41, 5.74) is 0.210. The van der Waals surface area contributed by atoms with Crippen molar-refractivity contribution in [3.63, 3.8) is 0 Å². The average Bonchev–Trinajstić information content (AvgIpc) is 2.75. The average molecular weight is 278 g/mol. The molecule has 4 fully saturated rings. The smallest absolute Gasteiger partial charge is 0.0596 e. The van der Waals surface area contributed by atoms with E-state index in [-0.39, 0.29) is 17.6 Å². The van der Waals surface area contributed by atoms with Crippen LogP contribution in [0.25, 0.3) is 0 Å². The van der Waals surface area contributed by atoms with Gasteiger partial charge in [-0.15, -0.1) is 0 Å². The Hall–Kier alpha value is -0.0800. The predicted octanol–water partition coefficient (Wildman–Crippen LogP) is 3.36. The molecule has 4 saturated carbocycles. The van der Waals surface area contributed by atoms with Crippen LogP contribution in [0.1, 0.15) is 64.7 Å². The van der Waals surface area contributed by atoms with Crippen molar-refractivity contribution < 1.29 is 10.2 Å². The van der Waals surface area contributed by atoms with E-state index in [0.29, 0.717) is 5.92 Å². The zero-order chi connectivity index (χ0) is 13.9. The molecule has 0 unspecified atom stereocenters. The molecule has 0 spiro atoms. The van der Waals surface area contributed by atoms with E-state index < -0.39 is 0 Å². The van der Waals surface area contributed by atoms with Crippen LogP contribution >= 0.6 is 0 Å². The number of hydrogen-bond donors (Lipinski definition) is 2. The van der Waals surface area contributed by atoms with Crippen molar-refractivity contribution in [2.45, 2.75) is 76.9 Å². The highest BCUT2D eigenvalue weighted by Crippen LogP contribution is 2.62. The maximum atomic E-state index is 10.4. The fraction of sp³-hybridized carbons (Fsp3) is 1.00. The summed E-state index contributed by atoms with van der Waals surface area (Å²) >= 11 is 0. The van der Waals surface area contributed by atoms with Crippen molar-refractivity contribution in [1.82, 2.24) is 0 Å². The normalized spacial score (nSPS) is 58.6. The SMILES string of the molecule is C[C@]12CC[C@@H]3[C@H]4CCC[C@H](O)[C@H]4CC[C@H]3[C@@H]1CC[C@@H]2O. The maximum absolute atomic E-state index is 10.4. The summed E-state index contributed by atoms with van der Waals surface area (Å²) in [7, 11) is 0. The van der Waals surface area contributed by atoms with Crippen LogP contribution < -0.4 is 0 Å². The molecule has 0 bridgehead atoms. The van der Waals surface area contributed by atoms with Crippen LogP contribution in [0.15, 0.2) is 0 Å². The molecule has 2 heteroatoms. The lowest BCUT2D eigenvalue weighted by Gasteiger charge is -2.56. The number of hydrogen-bond acceptors (Lipinski definition) is 2. The molecular weight excluding hydrogens is 248 g/mol. The molecule has 4 aliphatic carbocycles. The molecule has 8 atom stereocenters. The third kappa shape index (κ3) is 1.76. The first kappa shape index (κ1) is 13.6. The Kier molecular flexibility index (Phi) is 3.20. The minimum Gasteiger partial charge on any atom is -0.393 e. The van der Waals surface area contributed by atoms with Gasteiger partial charge in [-0.1, -0.05) is 13.3 Å². The Morgan fingerprint density at radius 3 is 2.35 bits per heavy atom. The highest BCUT2D eigenvalue weighted by atomic mass is 16.3. The Morgan fingerprint density at radius 1 is 0.750 bits per heavy atom. The largest absolute Gasteiger partial charge is 0.393 e. The number of aliphatic hydroxyl groups is 2. The van der Waals surface area contributed by atoms with E-state index >= 15 is 0 Å². The highest BCUT2D eigenvalue weighted by molar-refractivity contribution is 5.06. The maximum Gasteiger partial charge on any atom is 0.0596 e. The third-order valence-electron chi connectivity index (χ3n) is 7.91. The number of rotatable bonds is 0. The van der Waals surface area contributed by atoms with Crippen molar-refractivity contribution in [2.24, 2.45) is 35.0 Å². The topological polar surface area (TPSA) is 40.5 Å². The standard InChI is InChI=1S/C18H30O2/c1-18-10-9-12-11-3-2-4-16(19)14(11)6-5-13(12)15(18)7-8-17(18)20/h11-17,19-20H,2-10H2,1H3/t11-,12-,13-,14+,15+,16+,17+,18+/m1/s1. The van der Waals surface area contributed by atoms with Gasteiger partial charge in [0.05, 0.1) is 12.2 Å². The van der Waals surface area contributed by atoms with E-state index in [1.165, 1.54) is 44.9 Å². The van der Waals surface area contributed by atoms with Crippen LogP contribution in [0.5, 0.6) is 0 Å². The fourth-order valence-corrected chi connectivity index (χ4v) is 6.84. The van der Waals surface area contributed by atoms with E-state index in [1.807, 2.05) is 0 Å². The van der Waals surface area contributed by atoms with Crippen LogP contribution in [-0.2, 0) is 0 Å².